The zero-order chi connectivity index (χ0) is 20.4. The van der Waals surface area contributed by atoms with Crippen LogP contribution in [0.2, 0.25) is 0 Å². The summed E-state index contributed by atoms with van der Waals surface area (Å²) in [6.07, 6.45) is -2.55. The smallest absolute Gasteiger partial charge is 0.355 e. The van der Waals surface area contributed by atoms with Crippen LogP contribution in [0.25, 0.3) is 10.9 Å². The fourth-order valence-electron chi connectivity index (χ4n) is 3.08. The Morgan fingerprint density at radius 1 is 1.00 bits per heavy atom. The molecule has 3 nitrogen and oxygen atoms in total. The molecule has 0 aliphatic carbocycles. The lowest BCUT2D eigenvalue weighted by Crippen LogP contribution is -2.37. The van der Waals surface area contributed by atoms with Crippen molar-refractivity contribution < 1.29 is 18.0 Å². The lowest BCUT2D eigenvalue weighted by Gasteiger charge is -2.26. The number of rotatable bonds is 5. The van der Waals surface area contributed by atoms with Crippen LogP contribution in [0.15, 0.2) is 60.8 Å². The Morgan fingerprint density at radius 3 is 2.43 bits per heavy atom. The van der Waals surface area contributed by atoms with Gasteiger partial charge in [-0.2, -0.15) is 13.2 Å². The van der Waals surface area contributed by atoms with Crippen molar-refractivity contribution in [2.45, 2.75) is 31.9 Å². The van der Waals surface area contributed by atoms with E-state index >= 15 is 0 Å². The molecule has 0 aliphatic rings. The number of hydrogen-bond acceptors (Lipinski definition) is 2. The Bertz CT molecular complexity index is 991. The third kappa shape index (κ3) is 4.50. The number of aromatic nitrogens is 1. The van der Waals surface area contributed by atoms with Crippen LogP contribution in [-0.2, 0) is 22.8 Å². The van der Waals surface area contributed by atoms with Crippen LogP contribution in [-0.4, -0.2) is 17.4 Å². The van der Waals surface area contributed by atoms with Crippen molar-refractivity contribution in [3.8, 4) is 0 Å². The SMILES string of the molecule is CC(C)(CNC(=O)Cc1cccc2cccnc12)c1cccc(C(F)(F)F)c1. The van der Waals surface area contributed by atoms with E-state index in [0.717, 1.165) is 28.6 Å². The summed E-state index contributed by atoms with van der Waals surface area (Å²) in [4.78, 5) is 16.8. The molecule has 1 amide bonds. The molecule has 0 spiro atoms. The second kappa shape index (κ2) is 7.62. The molecule has 0 fully saturated rings. The highest BCUT2D eigenvalue weighted by Crippen LogP contribution is 2.32. The number of para-hydroxylation sites is 1. The van der Waals surface area contributed by atoms with Gasteiger partial charge in [-0.15, -0.1) is 0 Å². The molecule has 0 bridgehead atoms. The molecule has 0 saturated heterocycles. The van der Waals surface area contributed by atoms with E-state index in [2.05, 4.69) is 10.3 Å². The van der Waals surface area contributed by atoms with Crippen molar-refractivity contribution in [2.75, 3.05) is 6.54 Å². The van der Waals surface area contributed by atoms with Crippen molar-refractivity contribution in [3.63, 3.8) is 0 Å². The van der Waals surface area contributed by atoms with Crippen LogP contribution in [0, 0.1) is 0 Å². The summed E-state index contributed by atoms with van der Waals surface area (Å²) in [5.74, 6) is -0.196. The van der Waals surface area contributed by atoms with Crippen molar-refractivity contribution in [1.29, 1.82) is 0 Å². The minimum Gasteiger partial charge on any atom is -0.355 e. The Morgan fingerprint density at radius 2 is 1.68 bits per heavy atom. The molecule has 3 rings (SSSR count). The van der Waals surface area contributed by atoms with Crippen LogP contribution in [0.5, 0.6) is 0 Å². The van der Waals surface area contributed by atoms with Gasteiger partial charge in [0.2, 0.25) is 5.91 Å². The Balaban J connectivity index is 1.70. The van der Waals surface area contributed by atoms with Crippen LogP contribution < -0.4 is 5.32 Å². The molecule has 1 aromatic heterocycles. The van der Waals surface area contributed by atoms with E-state index in [0.29, 0.717) is 5.56 Å². The predicted molar refractivity (Wildman–Crippen MR) is 103 cm³/mol. The second-order valence-electron chi connectivity index (χ2n) is 7.41. The number of halogens is 3. The number of pyridine rings is 1. The molecule has 28 heavy (non-hydrogen) atoms. The average Bonchev–Trinajstić information content (AvgIpc) is 2.66. The van der Waals surface area contributed by atoms with Gasteiger partial charge in [0.1, 0.15) is 0 Å². The van der Waals surface area contributed by atoms with Gasteiger partial charge in [0.15, 0.2) is 0 Å². The number of carbonyl (C=O) groups is 1. The summed E-state index contributed by atoms with van der Waals surface area (Å²) in [6.45, 7) is 3.84. The molecule has 1 heterocycles. The fraction of sp³-hybridized carbons (Fsp3) is 0.273. The number of nitrogens with zero attached hydrogens (tertiary/aromatic N) is 1. The average molecular weight is 386 g/mol. The van der Waals surface area contributed by atoms with E-state index in [1.54, 1.807) is 12.3 Å². The molecular weight excluding hydrogens is 365 g/mol. The number of alkyl halides is 3. The lowest BCUT2D eigenvalue weighted by molar-refractivity contribution is -0.137. The zero-order valence-corrected chi connectivity index (χ0v) is 15.7. The van der Waals surface area contributed by atoms with Gasteiger partial charge < -0.3 is 5.32 Å². The summed E-state index contributed by atoms with van der Waals surface area (Å²) in [7, 11) is 0. The largest absolute Gasteiger partial charge is 0.416 e. The first-order valence-corrected chi connectivity index (χ1v) is 8.94. The van der Waals surface area contributed by atoms with Crippen LogP contribution in [0.1, 0.15) is 30.5 Å². The first kappa shape index (κ1) is 19.9. The Hall–Kier alpha value is -2.89. The number of amides is 1. The number of benzene rings is 2. The third-order valence-corrected chi connectivity index (χ3v) is 4.77. The first-order chi connectivity index (χ1) is 13.2. The van der Waals surface area contributed by atoms with Gasteiger partial charge in [0, 0.05) is 23.5 Å². The van der Waals surface area contributed by atoms with Gasteiger partial charge in [-0.05, 0) is 23.3 Å². The molecule has 0 unspecified atom stereocenters. The van der Waals surface area contributed by atoms with E-state index in [4.69, 9.17) is 0 Å². The van der Waals surface area contributed by atoms with Gasteiger partial charge in [-0.25, -0.2) is 0 Å². The maximum Gasteiger partial charge on any atom is 0.416 e. The van der Waals surface area contributed by atoms with Crippen LogP contribution in [0.3, 0.4) is 0 Å². The van der Waals surface area contributed by atoms with Gasteiger partial charge in [0.25, 0.3) is 0 Å². The van der Waals surface area contributed by atoms with E-state index in [1.165, 1.54) is 6.07 Å². The van der Waals surface area contributed by atoms with Crippen molar-refractivity contribution in [1.82, 2.24) is 10.3 Å². The molecule has 0 atom stereocenters. The highest BCUT2D eigenvalue weighted by molar-refractivity contribution is 5.87. The first-order valence-electron chi connectivity index (χ1n) is 8.94. The van der Waals surface area contributed by atoms with Crippen LogP contribution in [0.4, 0.5) is 13.2 Å². The van der Waals surface area contributed by atoms with E-state index in [-0.39, 0.29) is 18.9 Å². The van der Waals surface area contributed by atoms with Crippen molar-refractivity contribution >= 4 is 16.8 Å². The second-order valence-corrected chi connectivity index (χ2v) is 7.41. The topological polar surface area (TPSA) is 42.0 Å². The maximum atomic E-state index is 13.0. The number of nitrogens with one attached hydrogen (secondary N) is 1. The number of carbonyl (C=O) groups excluding carboxylic acids is 1. The monoisotopic (exact) mass is 386 g/mol. The zero-order valence-electron chi connectivity index (χ0n) is 15.7. The minimum absolute atomic E-state index is 0.160. The molecule has 2 aromatic carbocycles. The summed E-state index contributed by atoms with van der Waals surface area (Å²) in [5, 5.41) is 3.80. The van der Waals surface area contributed by atoms with E-state index in [9.17, 15) is 18.0 Å². The molecule has 0 saturated carbocycles. The normalized spacial score (nSPS) is 12.2. The Kier molecular flexibility index (Phi) is 5.40. The van der Waals surface area contributed by atoms with Gasteiger partial charge >= 0.3 is 6.18 Å². The number of hydrogen-bond donors (Lipinski definition) is 1. The molecule has 3 aromatic rings. The molecule has 1 N–H and O–H groups in total. The summed E-state index contributed by atoms with van der Waals surface area (Å²) >= 11 is 0. The van der Waals surface area contributed by atoms with Crippen LogP contribution >= 0.6 is 0 Å². The molecule has 6 heteroatoms. The van der Waals surface area contributed by atoms with E-state index in [1.807, 2.05) is 44.2 Å². The van der Waals surface area contributed by atoms with Gasteiger partial charge in [-0.3, -0.25) is 9.78 Å². The molecule has 146 valence electrons. The Labute approximate surface area is 161 Å². The van der Waals surface area contributed by atoms with Gasteiger partial charge in [0.05, 0.1) is 17.5 Å². The standard InChI is InChI=1S/C22H21F3N2O/c1-21(2,17-9-4-10-18(13-17)22(23,24)25)14-27-19(28)12-16-7-3-6-15-8-5-11-26-20(15)16/h3-11,13H,12,14H2,1-2H3,(H,27,28). The summed E-state index contributed by atoms with van der Waals surface area (Å²) < 4.78 is 38.9. The quantitative estimate of drug-likeness (QED) is 0.678. The highest BCUT2D eigenvalue weighted by atomic mass is 19.4. The predicted octanol–water partition coefficient (Wildman–Crippen LogP) is 4.89. The minimum atomic E-state index is -4.39. The van der Waals surface area contributed by atoms with Crippen molar-refractivity contribution in [3.05, 3.63) is 77.5 Å². The van der Waals surface area contributed by atoms with E-state index < -0.39 is 17.2 Å². The highest BCUT2D eigenvalue weighted by Gasteiger charge is 2.32. The maximum absolute atomic E-state index is 13.0. The van der Waals surface area contributed by atoms with Gasteiger partial charge in [-0.1, -0.05) is 56.3 Å². The third-order valence-electron chi connectivity index (χ3n) is 4.77. The molecular formula is C22H21F3N2O. The number of fused-ring (bicyclic) bond motifs is 1. The molecule has 0 radical (unpaired) electrons. The molecule has 0 aliphatic heterocycles. The summed E-state index contributed by atoms with van der Waals surface area (Å²) in [5.41, 5.74) is 0.777. The lowest BCUT2D eigenvalue weighted by atomic mass is 9.83. The van der Waals surface area contributed by atoms with Crippen molar-refractivity contribution in [2.24, 2.45) is 0 Å². The summed E-state index contributed by atoms with van der Waals surface area (Å²) in [6, 6.07) is 14.7. The fourth-order valence-corrected chi connectivity index (χ4v) is 3.08.